The highest BCUT2D eigenvalue weighted by Gasteiger charge is 2.14. The molecule has 5 heteroatoms. The van der Waals surface area contributed by atoms with Crippen LogP contribution in [0.2, 0.25) is 0 Å². The van der Waals surface area contributed by atoms with Gasteiger partial charge < -0.3 is 10.4 Å². The summed E-state index contributed by atoms with van der Waals surface area (Å²) in [5.41, 5.74) is 0. The van der Waals surface area contributed by atoms with E-state index >= 15 is 0 Å². The predicted octanol–water partition coefficient (Wildman–Crippen LogP) is 2.05. The molecule has 100 valence electrons. The van der Waals surface area contributed by atoms with Gasteiger partial charge in [0.25, 0.3) is 0 Å². The minimum atomic E-state index is -0.313. The van der Waals surface area contributed by atoms with Crippen LogP contribution in [0, 0.1) is 11.7 Å². The number of thioether (sulfide) groups is 1. The van der Waals surface area contributed by atoms with Crippen molar-refractivity contribution in [1.29, 1.82) is 0 Å². The molecule has 0 heterocycles. The van der Waals surface area contributed by atoms with E-state index in [0.29, 0.717) is 4.90 Å². The van der Waals surface area contributed by atoms with Gasteiger partial charge in [0.15, 0.2) is 0 Å². The third-order valence-corrected chi connectivity index (χ3v) is 3.77. The smallest absolute Gasteiger partial charge is 0.230 e. The van der Waals surface area contributed by atoms with Gasteiger partial charge in [-0.3, -0.25) is 4.79 Å². The summed E-state index contributed by atoms with van der Waals surface area (Å²) in [5.74, 6) is -0.292. The van der Waals surface area contributed by atoms with Crippen molar-refractivity contribution in [2.75, 3.05) is 12.4 Å². The average Bonchev–Trinajstić information content (AvgIpc) is 2.36. The molecule has 1 aromatic carbocycles. The minimum absolute atomic E-state index is 0.00686. The Hall–Kier alpha value is -1.07. The highest BCUT2D eigenvalue weighted by molar-refractivity contribution is 8.00. The first-order chi connectivity index (χ1) is 8.54. The summed E-state index contributed by atoms with van der Waals surface area (Å²) in [6.45, 7) is 3.73. The molecule has 0 fully saturated rings. The van der Waals surface area contributed by atoms with E-state index in [4.69, 9.17) is 5.11 Å². The van der Waals surface area contributed by atoms with Gasteiger partial charge in [0, 0.05) is 17.5 Å². The summed E-state index contributed by atoms with van der Waals surface area (Å²) < 4.78 is 13.3. The number of amides is 1. The van der Waals surface area contributed by atoms with Crippen LogP contribution >= 0.6 is 11.8 Å². The average molecular weight is 271 g/mol. The number of rotatable bonds is 6. The molecule has 0 aliphatic rings. The maximum Gasteiger partial charge on any atom is 0.230 e. The molecular formula is C13H18FNO2S. The molecule has 0 radical (unpaired) electrons. The number of nitrogens with one attached hydrogen (secondary N) is 1. The highest BCUT2D eigenvalue weighted by Crippen LogP contribution is 2.20. The summed E-state index contributed by atoms with van der Waals surface area (Å²) in [4.78, 5) is 12.1. The zero-order valence-corrected chi connectivity index (χ0v) is 11.3. The quantitative estimate of drug-likeness (QED) is 0.779. The molecule has 0 aliphatic heterocycles. The van der Waals surface area contributed by atoms with E-state index in [1.54, 1.807) is 18.2 Å². The fourth-order valence-corrected chi connectivity index (χ4v) is 2.05. The number of benzene rings is 1. The van der Waals surface area contributed by atoms with E-state index < -0.39 is 0 Å². The standard InChI is InChI=1S/C13H18FNO2S/c1-9(7-16)10(2)15-13(17)8-18-12-6-4-3-5-11(12)14/h3-6,9-10,16H,7-8H2,1-2H3,(H,15,17). The van der Waals surface area contributed by atoms with Crippen molar-refractivity contribution in [2.45, 2.75) is 24.8 Å². The Bertz CT molecular complexity index is 400. The molecule has 1 rings (SSSR count). The first-order valence-corrected chi connectivity index (χ1v) is 6.80. The Morgan fingerprint density at radius 1 is 1.44 bits per heavy atom. The fraction of sp³-hybridized carbons (Fsp3) is 0.462. The maximum absolute atomic E-state index is 13.3. The maximum atomic E-state index is 13.3. The van der Waals surface area contributed by atoms with Gasteiger partial charge in [-0.25, -0.2) is 4.39 Å². The lowest BCUT2D eigenvalue weighted by Gasteiger charge is -2.19. The molecule has 3 nitrogen and oxygen atoms in total. The second-order valence-corrected chi connectivity index (χ2v) is 5.25. The molecule has 2 atom stereocenters. The summed E-state index contributed by atoms with van der Waals surface area (Å²) in [6, 6.07) is 6.28. The van der Waals surface area contributed by atoms with Crippen LogP contribution in [0.5, 0.6) is 0 Å². The number of halogens is 1. The third-order valence-electron chi connectivity index (χ3n) is 2.73. The van der Waals surface area contributed by atoms with Crippen LogP contribution in [0.4, 0.5) is 4.39 Å². The van der Waals surface area contributed by atoms with Gasteiger partial charge in [-0.2, -0.15) is 0 Å². The van der Waals surface area contributed by atoms with Crippen molar-refractivity contribution >= 4 is 17.7 Å². The molecule has 0 aromatic heterocycles. The first kappa shape index (κ1) is 15.0. The van der Waals surface area contributed by atoms with Crippen molar-refractivity contribution in [2.24, 2.45) is 5.92 Å². The SMILES string of the molecule is CC(CO)C(C)NC(=O)CSc1ccccc1F. The molecule has 1 aromatic rings. The van der Waals surface area contributed by atoms with Gasteiger partial charge in [-0.1, -0.05) is 19.1 Å². The van der Waals surface area contributed by atoms with E-state index in [0.717, 1.165) is 0 Å². The topological polar surface area (TPSA) is 49.3 Å². The predicted molar refractivity (Wildman–Crippen MR) is 71.0 cm³/mol. The van der Waals surface area contributed by atoms with Gasteiger partial charge in [-0.05, 0) is 25.0 Å². The summed E-state index contributed by atoms with van der Waals surface area (Å²) in [5, 5.41) is 11.7. The number of carbonyl (C=O) groups is 1. The summed E-state index contributed by atoms with van der Waals surface area (Å²) >= 11 is 1.17. The second-order valence-electron chi connectivity index (χ2n) is 4.24. The Morgan fingerprint density at radius 2 is 2.11 bits per heavy atom. The molecular weight excluding hydrogens is 253 g/mol. The van der Waals surface area contributed by atoms with Crippen molar-refractivity contribution in [3.8, 4) is 0 Å². The van der Waals surface area contributed by atoms with Crippen molar-refractivity contribution in [3.05, 3.63) is 30.1 Å². The minimum Gasteiger partial charge on any atom is -0.396 e. The molecule has 2 unspecified atom stereocenters. The molecule has 2 N–H and O–H groups in total. The van der Waals surface area contributed by atoms with Crippen LogP contribution in [0.1, 0.15) is 13.8 Å². The van der Waals surface area contributed by atoms with Gasteiger partial charge in [0.1, 0.15) is 5.82 Å². The monoisotopic (exact) mass is 271 g/mol. The number of hydrogen-bond donors (Lipinski definition) is 2. The number of aliphatic hydroxyl groups excluding tert-OH is 1. The summed E-state index contributed by atoms with van der Waals surface area (Å²) in [7, 11) is 0. The van der Waals surface area contributed by atoms with Gasteiger partial charge in [0.2, 0.25) is 5.91 Å². The molecule has 18 heavy (non-hydrogen) atoms. The molecule has 0 bridgehead atoms. The molecule has 0 aliphatic carbocycles. The fourth-order valence-electron chi connectivity index (χ4n) is 1.30. The lowest BCUT2D eigenvalue weighted by Crippen LogP contribution is -2.39. The number of carbonyl (C=O) groups excluding carboxylic acids is 1. The van der Waals surface area contributed by atoms with Crippen molar-refractivity contribution in [1.82, 2.24) is 5.32 Å². The lowest BCUT2D eigenvalue weighted by atomic mass is 10.1. The van der Waals surface area contributed by atoms with Crippen LogP contribution in [-0.2, 0) is 4.79 Å². The Kier molecular flexibility index (Phi) is 6.15. The van der Waals surface area contributed by atoms with Crippen LogP contribution in [0.3, 0.4) is 0 Å². The van der Waals surface area contributed by atoms with Gasteiger partial charge >= 0.3 is 0 Å². The number of hydrogen-bond acceptors (Lipinski definition) is 3. The molecule has 0 spiro atoms. The van der Waals surface area contributed by atoms with E-state index in [9.17, 15) is 9.18 Å². The highest BCUT2D eigenvalue weighted by atomic mass is 32.2. The first-order valence-electron chi connectivity index (χ1n) is 5.82. The Morgan fingerprint density at radius 3 is 2.72 bits per heavy atom. The lowest BCUT2D eigenvalue weighted by molar-refractivity contribution is -0.119. The van der Waals surface area contributed by atoms with Crippen LogP contribution in [-0.4, -0.2) is 29.4 Å². The molecule has 0 saturated heterocycles. The van der Waals surface area contributed by atoms with E-state index in [-0.39, 0.29) is 36.0 Å². The number of aliphatic hydroxyl groups is 1. The zero-order valence-electron chi connectivity index (χ0n) is 10.5. The second kappa shape index (κ2) is 7.38. The van der Waals surface area contributed by atoms with Crippen LogP contribution in [0.25, 0.3) is 0 Å². The third kappa shape index (κ3) is 4.66. The van der Waals surface area contributed by atoms with E-state index in [1.807, 2.05) is 13.8 Å². The Labute approximate surface area is 111 Å². The zero-order chi connectivity index (χ0) is 13.5. The van der Waals surface area contributed by atoms with E-state index in [2.05, 4.69) is 5.32 Å². The van der Waals surface area contributed by atoms with Crippen LogP contribution < -0.4 is 5.32 Å². The summed E-state index contributed by atoms with van der Waals surface area (Å²) in [6.07, 6.45) is 0. The normalized spacial score (nSPS) is 14.0. The molecule has 1 amide bonds. The van der Waals surface area contributed by atoms with Crippen molar-refractivity contribution < 1.29 is 14.3 Å². The molecule has 0 saturated carbocycles. The van der Waals surface area contributed by atoms with Gasteiger partial charge in [0.05, 0.1) is 5.75 Å². The van der Waals surface area contributed by atoms with E-state index in [1.165, 1.54) is 17.8 Å². The Balaban J connectivity index is 2.40. The van der Waals surface area contributed by atoms with Crippen LogP contribution in [0.15, 0.2) is 29.2 Å². The van der Waals surface area contributed by atoms with Gasteiger partial charge in [-0.15, -0.1) is 11.8 Å². The van der Waals surface area contributed by atoms with Crippen molar-refractivity contribution in [3.63, 3.8) is 0 Å². The largest absolute Gasteiger partial charge is 0.396 e.